The van der Waals surface area contributed by atoms with Gasteiger partial charge >= 0.3 is 11.9 Å². The van der Waals surface area contributed by atoms with Crippen molar-refractivity contribution in [3.05, 3.63) is 29.8 Å². The summed E-state index contributed by atoms with van der Waals surface area (Å²) in [7, 11) is -4.02. The number of hydrogen-bond donors (Lipinski definition) is 3. The molecule has 2 atom stereocenters. The fourth-order valence-electron chi connectivity index (χ4n) is 4.63. The Bertz CT molecular complexity index is 968. The maximum absolute atomic E-state index is 12.5. The number of carboxylic acid groups (broad SMARTS) is 2. The van der Waals surface area contributed by atoms with Crippen LogP contribution < -0.4 is 4.43 Å². The Morgan fingerprint density at radius 1 is 0.868 bits per heavy atom. The van der Waals surface area contributed by atoms with E-state index in [4.69, 9.17) is 8.85 Å². The fraction of sp³-hybridized carbons (Fsp3) is 0.724. The molecule has 216 valence electrons. The lowest BCUT2D eigenvalue weighted by Crippen LogP contribution is -2.56. The molecule has 1 aromatic carbocycles. The summed E-state index contributed by atoms with van der Waals surface area (Å²) in [5.74, 6) is -4.22. The Kier molecular flexibility index (Phi) is 9.78. The fourth-order valence-corrected chi connectivity index (χ4v) is 7.08. The van der Waals surface area contributed by atoms with Gasteiger partial charge in [-0.3, -0.25) is 4.79 Å². The van der Waals surface area contributed by atoms with Crippen LogP contribution >= 0.6 is 0 Å². The van der Waals surface area contributed by atoms with E-state index in [-0.39, 0.29) is 22.6 Å². The van der Waals surface area contributed by atoms with E-state index in [1.165, 1.54) is 0 Å². The Morgan fingerprint density at radius 3 is 1.74 bits per heavy atom. The topological polar surface area (TPSA) is 113 Å². The predicted octanol–water partition coefficient (Wildman–Crippen LogP) is 6.71. The van der Waals surface area contributed by atoms with Gasteiger partial charge in [-0.05, 0) is 92.0 Å². The van der Waals surface area contributed by atoms with Gasteiger partial charge in [0.1, 0.15) is 11.7 Å². The summed E-state index contributed by atoms with van der Waals surface area (Å²) in [5, 5.41) is 31.8. The summed E-state index contributed by atoms with van der Waals surface area (Å²) >= 11 is 0. The molecule has 0 aromatic heterocycles. The van der Waals surface area contributed by atoms with Crippen LogP contribution in [0.2, 0.25) is 36.3 Å². The third kappa shape index (κ3) is 7.28. The number of benzene rings is 1. The van der Waals surface area contributed by atoms with Crippen LogP contribution in [0.3, 0.4) is 0 Å². The van der Waals surface area contributed by atoms with Crippen molar-refractivity contribution in [2.45, 2.75) is 122 Å². The molecule has 38 heavy (non-hydrogen) atoms. The molecular weight excluding hydrogens is 516 g/mol. The third-order valence-electron chi connectivity index (χ3n) is 9.28. The van der Waals surface area contributed by atoms with Crippen LogP contribution in [-0.4, -0.2) is 55.6 Å². The van der Waals surface area contributed by atoms with Crippen LogP contribution in [-0.2, 0) is 20.4 Å². The molecule has 0 radical (unpaired) electrons. The van der Waals surface area contributed by atoms with Gasteiger partial charge < -0.3 is 24.2 Å². The van der Waals surface area contributed by atoms with Crippen LogP contribution in [0.25, 0.3) is 0 Å². The average Bonchev–Trinajstić information content (AvgIpc) is 2.76. The van der Waals surface area contributed by atoms with Gasteiger partial charge in [0, 0.05) is 6.10 Å². The first kappa shape index (κ1) is 32.5. The van der Waals surface area contributed by atoms with Crippen LogP contribution in [0, 0.1) is 11.8 Å². The van der Waals surface area contributed by atoms with Gasteiger partial charge in [-0.25, -0.2) is 4.79 Å². The Balaban J connectivity index is 2.19. The van der Waals surface area contributed by atoms with E-state index in [1.54, 1.807) is 24.3 Å². The van der Waals surface area contributed by atoms with E-state index in [0.717, 1.165) is 0 Å². The zero-order valence-electron chi connectivity index (χ0n) is 25.1. The van der Waals surface area contributed by atoms with E-state index in [9.17, 15) is 24.9 Å². The van der Waals surface area contributed by atoms with Gasteiger partial charge in [-0.1, -0.05) is 53.7 Å². The van der Waals surface area contributed by atoms with Crippen LogP contribution in [0.1, 0.15) is 72.8 Å². The predicted molar refractivity (Wildman–Crippen MR) is 156 cm³/mol. The van der Waals surface area contributed by atoms with E-state index >= 15 is 0 Å². The molecule has 0 bridgehead atoms. The molecule has 0 saturated heterocycles. The molecule has 1 fully saturated rings. The number of rotatable bonds is 10. The van der Waals surface area contributed by atoms with Gasteiger partial charge in [-0.15, -0.1) is 0 Å². The van der Waals surface area contributed by atoms with Crippen LogP contribution in [0.4, 0.5) is 0 Å². The monoisotopic (exact) mass is 566 g/mol. The van der Waals surface area contributed by atoms with E-state index in [1.807, 2.05) is 0 Å². The molecular formula is C29H50O7Si2. The largest absolute Gasteiger partial charge is 0.544 e. The number of carboxylic acids is 2. The summed E-state index contributed by atoms with van der Waals surface area (Å²) in [4.78, 5) is 24.8. The highest BCUT2D eigenvalue weighted by Gasteiger charge is 2.54. The van der Waals surface area contributed by atoms with E-state index < -0.39 is 46.0 Å². The van der Waals surface area contributed by atoms with Crippen molar-refractivity contribution in [3.8, 4) is 5.75 Å². The SMILES string of the molecule is CC(C)(C)[Si](C)(C)Oc1ccc(CC(C(=O)O)C(O)(C(=O)O)C2CCC(O[Si](C)(C)C(C)(C)C)CC2)cc1. The smallest absolute Gasteiger partial charge is 0.336 e. The first-order chi connectivity index (χ1) is 17.1. The summed E-state index contributed by atoms with van der Waals surface area (Å²) in [6, 6.07) is 7.14. The van der Waals surface area contributed by atoms with Crippen molar-refractivity contribution < 1.29 is 33.8 Å². The highest BCUT2D eigenvalue weighted by atomic mass is 28.4. The maximum Gasteiger partial charge on any atom is 0.336 e. The second-order valence-corrected chi connectivity index (χ2v) is 23.6. The number of aliphatic carboxylic acids is 2. The third-order valence-corrected chi connectivity index (χ3v) is 18.2. The Morgan fingerprint density at radius 2 is 1.34 bits per heavy atom. The molecule has 2 rings (SSSR count). The quantitative estimate of drug-likeness (QED) is 0.270. The van der Waals surface area contributed by atoms with Gasteiger partial charge in [0.2, 0.25) is 8.32 Å². The van der Waals surface area contributed by atoms with E-state index in [0.29, 0.717) is 37.0 Å². The highest BCUT2D eigenvalue weighted by Crippen LogP contribution is 2.43. The molecule has 1 aromatic rings. The standard InChI is InChI=1S/C29H50O7Si2/c1-27(2,3)37(7,8)35-22-15-11-20(12-16-22)19-24(25(30)31)29(34,26(32)33)21-13-17-23(18-14-21)36-38(9,10)28(4,5)6/h11-12,15-16,21,23-24,34H,13-14,17-19H2,1-10H3,(H,30,31)(H,32,33). The summed E-state index contributed by atoms with van der Waals surface area (Å²) in [5.41, 5.74) is -1.72. The molecule has 1 aliphatic rings. The first-order valence-electron chi connectivity index (χ1n) is 13.8. The molecule has 2 unspecified atom stereocenters. The van der Waals surface area contributed by atoms with Crippen LogP contribution in [0.5, 0.6) is 5.75 Å². The molecule has 0 aliphatic heterocycles. The minimum atomic E-state index is -2.37. The molecule has 1 saturated carbocycles. The van der Waals surface area contributed by atoms with E-state index in [2.05, 4.69) is 67.7 Å². The van der Waals surface area contributed by atoms with Crippen molar-refractivity contribution in [2.24, 2.45) is 11.8 Å². The zero-order valence-corrected chi connectivity index (χ0v) is 27.1. The van der Waals surface area contributed by atoms with Gasteiger partial charge in [0.15, 0.2) is 13.9 Å². The van der Waals surface area contributed by atoms with Gasteiger partial charge in [-0.2, -0.15) is 0 Å². The minimum Gasteiger partial charge on any atom is -0.544 e. The lowest BCUT2D eigenvalue weighted by Gasteiger charge is -2.44. The molecule has 1 aliphatic carbocycles. The molecule has 9 heteroatoms. The Hall–Kier alpha value is -1.69. The van der Waals surface area contributed by atoms with Gasteiger partial charge in [0.05, 0.1) is 0 Å². The molecule has 7 nitrogen and oxygen atoms in total. The summed E-state index contributed by atoms with van der Waals surface area (Å²) in [6.07, 6.45) is 1.95. The van der Waals surface area contributed by atoms with Crippen molar-refractivity contribution in [3.63, 3.8) is 0 Å². The first-order valence-corrected chi connectivity index (χ1v) is 19.6. The normalized spacial score (nSPS) is 21.9. The average molecular weight is 567 g/mol. The van der Waals surface area contributed by atoms with Crippen LogP contribution in [0.15, 0.2) is 24.3 Å². The number of hydrogen-bond acceptors (Lipinski definition) is 5. The Labute approximate surface area is 231 Å². The molecule has 0 heterocycles. The summed E-state index contributed by atoms with van der Waals surface area (Å²) < 4.78 is 12.8. The molecule has 0 spiro atoms. The van der Waals surface area contributed by atoms with Gasteiger partial charge in [0.25, 0.3) is 0 Å². The second kappa shape index (κ2) is 11.4. The molecule has 3 N–H and O–H groups in total. The highest BCUT2D eigenvalue weighted by molar-refractivity contribution is 6.75. The number of carbonyl (C=O) groups is 2. The van der Waals surface area contributed by atoms with Crippen molar-refractivity contribution >= 4 is 28.6 Å². The zero-order chi connectivity index (χ0) is 29.3. The number of aliphatic hydroxyl groups is 1. The molecule has 0 amide bonds. The minimum absolute atomic E-state index is 0.00177. The maximum atomic E-state index is 12.5. The summed E-state index contributed by atoms with van der Waals surface area (Å²) in [6.45, 7) is 21.7. The lowest BCUT2D eigenvalue weighted by molar-refractivity contribution is -0.185. The van der Waals surface area contributed by atoms with Crippen molar-refractivity contribution in [1.29, 1.82) is 0 Å². The van der Waals surface area contributed by atoms with Crippen molar-refractivity contribution in [2.75, 3.05) is 0 Å². The second-order valence-electron chi connectivity index (χ2n) is 14.1. The lowest BCUT2D eigenvalue weighted by atomic mass is 9.68. The van der Waals surface area contributed by atoms with Crippen molar-refractivity contribution in [1.82, 2.24) is 0 Å².